The zero-order valence-electron chi connectivity index (χ0n) is 17.2. The van der Waals surface area contributed by atoms with E-state index in [1.54, 1.807) is 18.2 Å². The smallest absolute Gasteiger partial charge is 0.322 e. The van der Waals surface area contributed by atoms with Crippen LogP contribution in [-0.2, 0) is 11.2 Å². The lowest BCUT2D eigenvalue weighted by molar-refractivity contribution is -0.167. The van der Waals surface area contributed by atoms with Gasteiger partial charge in [-0.25, -0.2) is 0 Å². The van der Waals surface area contributed by atoms with E-state index in [0.29, 0.717) is 6.42 Å². The van der Waals surface area contributed by atoms with Crippen molar-refractivity contribution in [3.8, 4) is 0 Å². The highest BCUT2D eigenvalue weighted by Gasteiger charge is 2.38. The van der Waals surface area contributed by atoms with E-state index < -0.39 is 12.1 Å². The number of carbonyl (C=O) groups excluding carboxylic acids is 1. The third-order valence-corrected chi connectivity index (χ3v) is 5.15. The number of hydrogen-bond acceptors (Lipinski definition) is 2. The molecule has 2 aromatic carbocycles. The summed E-state index contributed by atoms with van der Waals surface area (Å²) < 4.78 is 37.5. The van der Waals surface area contributed by atoms with Gasteiger partial charge >= 0.3 is 12.1 Å². The molecule has 2 N–H and O–H groups in total. The van der Waals surface area contributed by atoms with Gasteiger partial charge in [-0.3, -0.25) is 9.59 Å². The molecule has 1 aromatic heterocycles. The Morgan fingerprint density at radius 1 is 1.07 bits per heavy atom. The molecule has 0 saturated heterocycles. The average molecular weight is 416 g/mol. The van der Waals surface area contributed by atoms with Crippen LogP contribution in [0.5, 0.6) is 0 Å². The number of rotatable bonds is 4. The maximum Gasteiger partial charge on any atom is 0.471 e. The van der Waals surface area contributed by atoms with Crippen LogP contribution >= 0.6 is 0 Å². The fourth-order valence-corrected chi connectivity index (χ4v) is 3.67. The molecule has 0 aliphatic rings. The minimum absolute atomic E-state index is 0.120. The molecule has 3 aromatic rings. The topological polar surface area (TPSA) is 62.0 Å². The molecule has 3 rings (SSSR count). The summed E-state index contributed by atoms with van der Waals surface area (Å²) in [6, 6.07) is 10.6. The Hall–Kier alpha value is -3.09. The second-order valence-electron chi connectivity index (χ2n) is 7.84. The van der Waals surface area contributed by atoms with Crippen molar-refractivity contribution in [1.82, 2.24) is 4.98 Å². The summed E-state index contributed by atoms with van der Waals surface area (Å²) in [4.78, 5) is 25.9. The van der Waals surface area contributed by atoms with Crippen molar-refractivity contribution in [3.05, 3.63) is 74.6 Å². The predicted molar refractivity (Wildman–Crippen MR) is 112 cm³/mol. The van der Waals surface area contributed by atoms with E-state index in [1.165, 1.54) is 0 Å². The van der Waals surface area contributed by atoms with Crippen LogP contribution in [0.1, 0.15) is 47.6 Å². The van der Waals surface area contributed by atoms with Gasteiger partial charge < -0.3 is 10.3 Å². The number of aromatic nitrogens is 1. The molecule has 7 heteroatoms. The Balaban J connectivity index is 1.95. The van der Waals surface area contributed by atoms with Crippen LogP contribution < -0.4 is 10.9 Å². The average Bonchev–Trinajstić information content (AvgIpc) is 2.63. The quantitative estimate of drug-likeness (QED) is 0.601. The maximum atomic E-state index is 12.5. The van der Waals surface area contributed by atoms with Gasteiger partial charge in [0, 0.05) is 22.7 Å². The zero-order valence-corrected chi connectivity index (χ0v) is 17.2. The number of halogens is 3. The number of H-pyrrole nitrogens is 1. The highest BCUT2D eigenvalue weighted by molar-refractivity contribution is 5.95. The molecule has 0 unspecified atom stereocenters. The summed E-state index contributed by atoms with van der Waals surface area (Å²) in [6.07, 6.45) is -4.35. The molecule has 0 spiro atoms. The molecule has 0 atom stereocenters. The van der Waals surface area contributed by atoms with Crippen LogP contribution in [0.3, 0.4) is 0 Å². The highest BCUT2D eigenvalue weighted by Crippen LogP contribution is 2.28. The molecule has 0 bridgehead atoms. The van der Waals surface area contributed by atoms with Crippen molar-refractivity contribution in [2.24, 2.45) is 0 Å². The third kappa shape index (κ3) is 4.56. The van der Waals surface area contributed by atoms with Crippen LogP contribution in [0.15, 0.2) is 41.2 Å². The monoisotopic (exact) mass is 416 g/mol. The molecule has 1 heterocycles. The van der Waals surface area contributed by atoms with Gasteiger partial charge in [-0.2, -0.15) is 13.2 Å². The summed E-state index contributed by atoms with van der Waals surface area (Å²) in [5, 5.41) is 2.88. The molecule has 4 nitrogen and oxygen atoms in total. The number of amides is 1. The molecular formula is C23H23F3N2O2. The molecule has 0 radical (unpaired) electrons. The van der Waals surface area contributed by atoms with Gasteiger partial charge in [0.25, 0.3) is 0 Å². The first-order valence-corrected chi connectivity index (χ1v) is 9.60. The Kier molecular flexibility index (Phi) is 5.74. The maximum absolute atomic E-state index is 12.5. The van der Waals surface area contributed by atoms with E-state index in [0.717, 1.165) is 38.7 Å². The Morgan fingerprint density at radius 3 is 2.27 bits per heavy atom. The lowest BCUT2D eigenvalue weighted by Gasteiger charge is -2.15. The van der Waals surface area contributed by atoms with Crippen molar-refractivity contribution in [1.29, 1.82) is 0 Å². The number of fused-ring (bicyclic) bond motifs is 1. The zero-order chi connectivity index (χ0) is 22.2. The number of pyridine rings is 1. The Bertz CT molecular complexity index is 1150. The lowest BCUT2D eigenvalue weighted by Crippen LogP contribution is -2.30. The molecule has 158 valence electrons. The molecule has 30 heavy (non-hydrogen) atoms. The van der Waals surface area contributed by atoms with Crippen molar-refractivity contribution >= 4 is 22.5 Å². The first-order chi connectivity index (χ1) is 14.0. The van der Waals surface area contributed by atoms with Gasteiger partial charge in [0.05, 0.1) is 0 Å². The number of nitrogens with one attached hydrogen (secondary N) is 2. The summed E-state index contributed by atoms with van der Waals surface area (Å²) in [5.41, 5.74) is 5.31. The second kappa shape index (κ2) is 7.97. The number of hydrogen-bond donors (Lipinski definition) is 2. The van der Waals surface area contributed by atoms with Crippen LogP contribution in [0.2, 0.25) is 0 Å². The minimum Gasteiger partial charge on any atom is -0.322 e. The minimum atomic E-state index is -4.93. The summed E-state index contributed by atoms with van der Waals surface area (Å²) in [7, 11) is 0. The number of benzene rings is 2. The third-order valence-electron chi connectivity index (χ3n) is 5.15. The van der Waals surface area contributed by atoms with Crippen LogP contribution in [0, 0.1) is 13.8 Å². The largest absolute Gasteiger partial charge is 0.471 e. The van der Waals surface area contributed by atoms with E-state index in [9.17, 15) is 22.8 Å². The van der Waals surface area contributed by atoms with Gasteiger partial charge in [0.1, 0.15) is 0 Å². The summed E-state index contributed by atoms with van der Waals surface area (Å²) in [5.74, 6) is -1.80. The highest BCUT2D eigenvalue weighted by atomic mass is 19.4. The van der Waals surface area contributed by atoms with E-state index in [-0.39, 0.29) is 17.2 Å². The number of aryl methyl sites for hydroxylation is 2. The molecule has 0 aliphatic heterocycles. The molecule has 0 fully saturated rings. The van der Waals surface area contributed by atoms with Crippen LogP contribution in [-0.4, -0.2) is 17.1 Å². The fourth-order valence-electron chi connectivity index (χ4n) is 3.67. The van der Waals surface area contributed by atoms with Crippen LogP contribution in [0.4, 0.5) is 18.9 Å². The molecule has 1 amide bonds. The van der Waals surface area contributed by atoms with Crippen molar-refractivity contribution < 1.29 is 18.0 Å². The standard InChI is InChI=1S/C23H23F3N2O2/c1-12(2)17-11-21(29)28-20-6-5-15(10-19(17)20)9-18-13(3)7-16(8-14(18)4)27-22(30)23(24,25)26/h5-8,10-12H,9H2,1-4H3,(H,27,30)(H,28,29). The van der Waals surface area contributed by atoms with Crippen LogP contribution in [0.25, 0.3) is 10.9 Å². The lowest BCUT2D eigenvalue weighted by atomic mass is 9.92. The van der Waals surface area contributed by atoms with Gasteiger partial charge in [0.2, 0.25) is 5.56 Å². The Labute approximate surface area is 172 Å². The van der Waals surface area contributed by atoms with E-state index in [4.69, 9.17) is 0 Å². The van der Waals surface area contributed by atoms with Gasteiger partial charge in [-0.05, 0) is 78.3 Å². The van der Waals surface area contributed by atoms with E-state index in [1.807, 2.05) is 51.2 Å². The Morgan fingerprint density at radius 2 is 1.70 bits per heavy atom. The van der Waals surface area contributed by atoms with Crippen molar-refractivity contribution in [2.75, 3.05) is 5.32 Å². The number of anilines is 1. The number of aromatic amines is 1. The van der Waals surface area contributed by atoms with E-state index in [2.05, 4.69) is 4.98 Å². The normalized spacial score (nSPS) is 11.9. The molecule has 0 saturated carbocycles. The SMILES string of the molecule is Cc1cc(NC(=O)C(F)(F)F)cc(C)c1Cc1ccc2[nH]c(=O)cc(C(C)C)c2c1. The van der Waals surface area contributed by atoms with Crippen molar-refractivity contribution in [3.63, 3.8) is 0 Å². The predicted octanol–water partition coefficient (Wildman–Crippen LogP) is 5.36. The summed E-state index contributed by atoms with van der Waals surface area (Å²) >= 11 is 0. The van der Waals surface area contributed by atoms with Gasteiger partial charge in [-0.1, -0.05) is 19.9 Å². The van der Waals surface area contributed by atoms with Gasteiger partial charge in [0.15, 0.2) is 0 Å². The fraction of sp³-hybridized carbons (Fsp3) is 0.304. The van der Waals surface area contributed by atoms with E-state index >= 15 is 0 Å². The number of carbonyl (C=O) groups is 1. The van der Waals surface area contributed by atoms with Crippen molar-refractivity contribution in [2.45, 2.75) is 46.2 Å². The molecule has 0 aliphatic carbocycles. The summed E-state index contributed by atoms with van der Waals surface area (Å²) in [6.45, 7) is 7.68. The first-order valence-electron chi connectivity index (χ1n) is 9.60. The molecular weight excluding hydrogens is 393 g/mol. The van der Waals surface area contributed by atoms with Gasteiger partial charge in [-0.15, -0.1) is 0 Å². The number of alkyl halides is 3. The second-order valence-corrected chi connectivity index (χ2v) is 7.84. The first kappa shape index (κ1) is 21.6.